The van der Waals surface area contributed by atoms with Gasteiger partial charge in [-0.2, -0.15) is 0 Å². The molecule has 4 nitrogen and oxygen atoms in total. The average Bonchev–Trinajstić information content (AvgIpc) is 3.59. The van der Waals surface area contributed by atoms with Gasteiger partial charge in [0, 0.05) is 6.04 Å². The van der Waals surface area contributed by atoms with E-state index in [-0.39, 0.29) is 11.8 Å². The van der Waals surface area contributed by atoms with Crippen molar-refractivity contribution >= 4 is 11.6 Å². The third kappa shape index (κ3) is 5.63. The molecule has 4 rings (SSSR count). The highest BCUT2D eigenvalue weighted by atomic mass is 16.3. The molecule has 3 aromatic carbocycles. The molecule has 1 atom stereocenters. The third-order valence-corrected chi connectivity index (χ3v) is 5.31. The van der Waals surface area contributed by atoms with Gasteiger partial charge in [0.25, 0.3) is 0 Å². The Kier molecular flexibility index (Phi) is 6.33. The van der Waals surface area contributed by atoms with Crippen LogP contribution in [-0.2, 0) is 6.42 Å². The summed E-state index contributed by atoms with van der Waals surface area (Å²) in [4.78, 5) is 4.81. The van der Waals surface area contributed by atoms with Crippen LogP contribution in [0.4, 0.5) is 5.69 Å². The van der Waals surface area contributed by atoms with Crippen molar-refractivity contribution in [3.05, 3.63) is 84.4 Å². The SMILES string of the molecule is CC(CCc1ccccc1)NC(=NC1CC1)Nc1cc(-c2ccccc2)ccc1O. The van der Waals surface area contributed by atoms with E-state index in [4.69, 9.17) is 4.99 Å². The van der Waals surface area contributed by atoms with Crippen LogP contribution in [0.15, 0.2) is 83.9 Å². The van der Waals surface area contributed by atoms with Gasteiger partial charge in [0.1, 0.15) is 5.75 Å². The summed E-state index contributed by atoms with van der Waals surface area (Å²) in [6, 6.07) is 27.0. The van der Waals surface area contributed by atoms with Crippen molar-refractivity contribution in [2.75, 3.05) is 5.32 Å². The predicted octanol–water partition coefficient (Wildman–Crippen LogP) is 5.60. The van der Waals surface area contributed by atoms with Crippen LogP contribution in [0.1, 0.15) is 31.7 Å². The first-order valence-corrected chi connectivity index (χ1v) is 10.7. The molecule has 0 bridgehead atoms. The van der Waals surface area contributed by atoms with Crippen molar-refractivity contribution in [2.24, 2.45) is 4.99 Å². The summed E-state index contributed by atoms with van der Waals surface area (Å²) in [7, 11) is 0. The van der Waals surface area contributed by atoms with E-state index in [2.05, 4.69) is 54.0 Å². The number of aliphatic imine (C=N–C) groups is 1. The number of anilines is 1. The number of rotatable bonds is 7. The van der Waals surface area contributed by atoms with Crippen LogP contribution >= 0.6 is 0 Å². The molecule has 3 N–H and O–H groups in total. The standard InChI is InChI=1S/C26H29N3O/c1-19(12-13-20-8-4-2-5-9-20)27-26(28-23-15-16-23)29-24-18-22(14-17-25(24)30)21-10-6-3-7-11-21/h2-11,14,17-19,23,30H,12-13,15-16H2,1H3,(H2,27,28,29). The zero-order valence-electron chi connectivity index (χ0n) is 17.4. The zero-order chi connectivity index (χ0) is 20.8. The lowest BCUT2D eigenvalue weighted by atomic mass is 10.0. The van der Waals surface area contributed by atoms with Crippen LogP contribution in [0.25, 0.3) is 11.1 Å². The largest absolute Gasteiger partial charge is 0.506 e. The van der Waals surface area contributed by atoms with Crippen LogP contribution in [0.2, 0.25) is 0 Å². The molecule has 1 unspecified atom stereocenters. The number of phenolic OH excluding ortho intramolecular Hbond substituents is 1. The number of benzene rings is 3. The summed E-state index contributed by atoms with van der Waals surface area (Å²) in [6.45, 7) is 2.17. The smallest absolute Gasteiger partial charge is 0.196 e. The third-order valence-electron chi connectivity index (χ3n) is 5.31. The topological polar surface area (TPSA) is 56.7 Å². The molecule has 154 valence electrons. The summed E-state index contributed by atoms with van der Waals surface area (Å²) >= 11 is 0. The van der Waals surface area contributed by atoms with Gasteiger partial charge in [-0.15, -0.1) is 0 Å². The first-order valence-electron chi connectivity index (χ1n) is 10.7. The van der Waals surface area contributed by atoms with Crippen LogP contribution < -0.4 is 10.6 Å². The molecule has 0 spiro atoms. The number of aromatic hydroxyl groups is 1. The minimum Gasteiger partial charge on any atom is -0.506 e. The Hall–Kier alpha value is -3.27. The molecule has 0 heterocycles. The predicted molar refractivity (Wildman–Crippen MR) is 125 cm³/mol. The van der Waals surface area contributed by atoms with Gasteiger partial charge in [-0.3, -0.25) is 0 Å². The van der Waals surface area contributed by atoms with Gasteiger partial charge in [-0.25, -0.2) is 4.99 Å². The fourth-order valence-electron chi connectivity index (χ4n) is 3.40. The molecule has 1 aliphatic carbocycles. The quantitative estimate of drug-likeness (QED) is 0.275. The number of guanidine groups is 1. The summed E-state index contributed by atoms with van der Waals surface area (Å²) in [5.74, 6) is 0.954. The van der Waals surface area contributed by atoms with Crippen LogP contribution in [0.3, 0.4) is 0 Å². The van der Waals surface area contributed by atoms with Gasteiger partial charge < -0.3 is 15.7 Å². The van der Waals surface area contributed by atoms with Crippen molar-refractivity contribution < 1.29 is 5.11 Å². The highest BCUT2D eigenvalue weighted by Crippen LogP contribution is 2.30. The second-order valence-corrected chi connectivity index (χ2v) is 8.00. The minimum absolute atomic E-state index is 0.219. The first kappa shape index (κ1) is 20.0. The Bertz CT molecular complexity index is 982. The molecule has 1 aliphatic rings. The molecule has 3 aromatic rings. The zero-order valence-corrected chi connectivity index (χ0v) is 17.4. The van der Waals surface area contributed by atoms with Crippen molar-refractivity contribution in [3.8, 4) is 16.9 Å². The van der Waals surface area contributed by atoms with Crippen molar-refractivity contribution in [1.82, 2.24) is 5.32 Å². The Balaban J connectivity index is 1.45. The molecule has 1 fully saturated rings. The normalized spacial score (nSPS) is 14.9. The summed E-state index contributed by atoms with van der Waals surface area (Å²) in [5, 5.41) is 17.3. The average molecular weight is 400 g/mol. The van der Waals surface area contributed by atoms with E-state index in [1.807, 2.05) is 36.4 Å². The summed E-state index contributed by atoms with van der Waals surface area (Å²) in [5.41, 5.74) is 4.18. The molecule has 0 aromatic heterocycles. The van der Waals surface area contributed by atoms with E-state index < -0.39 is 0 Å². The van der Waals surface area contributed by atoms with Crippen LogP contribution in [0, 0.1) is 0 Å². The minimum atomic E-state index is 0.219. The lowest BCUT2D eigenvalue weighted by molar-refractivity contribution is 0.478. The number of nitrogens with one attached hydrogen (secondary N) is 2. The number of hydrogen-bond donors (Lipinski definition) is 3. The Morgan fingerprint density at radius 1 is 0.967 bits per heavy atom. The Morgan fingerprint density at radius 2 is 1.67 bits per heavy atom. The van der Waals surface area contributed by atoms with Gasteiger partial charge in [-0.05, 0) is 61.4 Å². The first-order chi connectivity index (χ1) is 14.7. The van der Waals surface area contributed by atoms with E-state index in [0.29, 0.717) is 11.7 Å². The molecule has 0 radical (unpaired) electrons. The van der Waals surface area contributed by atoms with E-state index in [9.17, 15) is 5.11 Å². The van der Waals surface area contributed by atoms with Crippen molar-refractivity contribution in [1.29, 1.82) is 0 Å². The maximum atomic E-state index is 10.4. The second kappa shape index (κ2) is 9.49. The Labute approximate surface area is 178 Å². The molecule has 4 heteroatoms. The molecular formula is C26H29N3O. The lowest BCUT2D eigenvalue weighted by Gasteiger charge is -2.19. The van der Waals surface area contributed by atoms with Gasteiger partial charge in [0.15, 0.2) is 5.96 Å². The van der Waals surface area contributed by atoms with Gasteiger partial charge >= 0.3 is 0 Å². The van der Waals surface area contributed by atoms with E-state index in [1.54, 1.807) is 6.07 Å². The fourth-order valence-corrected chi connectivity index (χ4v) is 3.40. The van der Waals surface area contributed by atoms with Crippen LogP contribution in [0.5, 0.6) is 5.75 Å². The molecule has 0 amide bonds. The molecule has 30 heavy (non-hydrogen) atoms. The number of aryl methyl sites for hydroxylation is 1. The van der Waals surface area contributed by atoms with Gasteiger partial charge in [-0.1, -0.05) is 66.7 Å². The van der Waals surface area contributed by atoms with E-state index in [0.717, 1.165) is 42.8 Å². The fraction of sp³-hybridized carbons (Fsp3) is 0.269. The Morgan fingerprint density at radius 3 is 2.37 bits per heavy atom. The number of hydrogen-bond acceptors (Lipinski definition) is 2. The van der Waals surface area contributed by atoms with Crippen LogP contribution in [-0.4, -0.2) is 23.1 Å². The van der Waals surface area contributed by atoms with Gasteiger partial charge in [0.05, 0.1) is 11.7 Å². The maximum absolute atomic E-state index is 10.4. The summed E-state index contributed by atoms with van der Waals surface area (Å²) in [6.07, 6.45) is 4.27. The molecule has 0 aliphatic heterocycles. The van der Waals surface area contributed by atoms with Gasteiger partial charge in [0.2, 0.25) is 0 Å². The molecule has 0 saturated heterocycles. The molecule has 1 saturated carbocycles. The highest BCUT2D eigenvalue weighted by Gasteiger charge is 2.22. The lowest BCUT2D eigenvalue weighted by Crippen LogP contribution is -2.38. The molecular weight excluding hydrogens is 370 g/mol. The summed E-state index contributed by atoms with van der Waals surface area (Å²) < 4.78 is 0. The van der Waals surface area contributed by atoms with Crippen molar-refractivity contribution in [2.45, 2.75) is 44.7 Å². The van der Waals surface area contributed by atoms with E-state index >= 15 is 0 Å². The highest BCUT2D eigenvalue weighted by molar-refractivity contribution is 5.96. The monoisotopic (exact) mass is 399 g/mol. The maximum Gasteiger partial charge on any atom is 0.196 e. The van der Waals surface area contributed by atoms with E-state index in [1.165, 1.54) is 5.56 Å². The number of phenols is 1. The number of nitrogens with zero attached hydrogens (tertiary/aromatic N) is 1. The van der Waals surface area contributed by atoms with Crippen molar-refractivity contribution in [3.63, 3.8) is 0 Å². The second-order valence-electron chi connectivity index (χ2n) is 8.00.